The van der Waals surface area contributed by atoms with Gasteiger partial charge < -0.3 is 10.1 Å². The van der Waals surface area contributed by atoms with E-state index in [1.165, 1.54) is 0 Å². The molecular formula is C19H18N4O2. The molecule has 4 rings (SSSR count). The van der Waals surface area contributed by atoms with Gasteiger partial charge in [0.25, 0.3) is 5.91 Å². The fraction of sp³-hybridized carbons (Fsp3) is 0.211. The molecule has 2 heterocycles. The first-order chi connectivity index (χ1) is 12.3. The summed E-state index contributed by atoms with van der Waals surface area (Å²) in [5.41, 5.74) is 3.05. The van der Waals surface area contributed by atoms with Crippen LogP contribution in [0.1, 0.15) is 34.5 Å². The van der Waals surface area contributed by atoms with Crippen LogP contribution in [0.15, 0.2) is 36.7 Å². The number of H-pyrrole nitrogens is 1. The molecule has 2 N–H and O–H groups in total. The van der Waals surface area contributed by atoms with Gasteiger partial charge >= 0.3 is 0 Å². The number of amides is 1. The second-order valence-electron chi connectivity index (χ2n) is 6.05. The van der Waals surface area contributed by atoms with E-state index in [0.717, 1.165) is 35.0 Å². The molecule has 6 heteroatoms. The van der Waals surface area contributed by atoms with Gasteiger partial charge in [-0.25, -0.2) is 0 Å². The number of nitrogens with one attached hydrogen (secondary N) is 2. The lowest BCUT2D eigenvalue weighted by Crippen LogP contribution is -2.25. The van der Waals surface area contributed by atoms with Crippen molar-refractivity contribution in [3.63, 3.8) is 0 Å². The molecule has 1 aliphatic rings. The third-order valence-electron chi connectivity index (χ3n) is 4.19. The van der Waals surface area contributed by atoms with Crippen molar-refractivity contribution in [1.82, 2.24) is 20.5 Å². The van der Waals surface area contributed by atoms with E-state index in [-0.39, 0.29) is 5.91 Å². The summed E-state index contributed by atoms with van der Waals surface area (Å²) in [5.74, 6) is 0.430. The van der Waals surface area contributed by atoms with E-state index in [1.807, 2.05) is 30.4 Å². The Hall–Kier alpha value is -3.15. The van der Waals surface area contributed by atoms with E-state index in [9.17, 15) is 4.79 Å². The SMILES string of the molecule is COc1c(C(=O)NC2CC2)ccc2n[nH]c(C=Cc3cccnc3)c12. The van der Waals surface area contributed by atoms with E-state index in [1.54, 1.807) is 25.6 Å². The van der Waals surface area contributed by atoms with Crippen LogP contribution in [-0.4, -0.2) is 34.2 Å². The highest BCUT2D eigenvalue weighted by Gasteiger charge is 2.26. The fourth-order valence-corrected chi connectivity index (χ4v) is 2.76. The van der Waals surface area contributed by atoms with Gasteiger partial charge in [0.1, 0.15) is 5.75 Å². The van der Waals surface area contributed by atoms with Crippen molar-refractivity contribution in [3.05, 3.63) is 53.5 Å². The zero-order chi connectivity index (χ0) is 17.2. The molecule has 0 radical (unpaired) electrons. The van der Waals surface area contributed by atoms with Gasteiger partial charge in [-0.3, -0.25) is 14.9 Å². The highest BCUT2D eigenvalue weighted by atomic mass is 16.5. The minimum atomic E-state index is -0.107. The zero-order valence-corrected chi connectivity index (χ0v) is 13.8. The Morgan fingerprint density at radius 2 is 2.20 bits per heavy atom. The molecule has 0 bridgehead atoms. The lowest BCUT2D eigenvalue weighted by molar-refractivity contribution is 0.0948. The highest BCUT2D eigenvalue weighted by molar-refractivity contribution is 6.05. The van der Waals surface area contributed by atoms with Gasteiger partial charge in [-0.15, -0.1) is 0 Å². The lowest BCUT2D eigenvalue weighted by atomic mass is 10.1. The Labute approximate surface area is 144 Å². The van der Waals surface area contributed by atoms with Crippen LogP contribution >= 0.6 is 0 Å². The number of carbonyl (C=O) groups excluding carboxylic acids is 1. The number of hydrogen-bond donors (Lipinski definition) is 2. The van der Waals surface area contributed by atoms with Crippen molar-refractivity contribution in [2.75, 3.05) is 7.11 Å². The molecule has 2 aromatic heterocycles. The van der Waals surface area contributed by atoms with Crippen molar-refractivity contribution in [3.8, 4) is 5.75 Å². The molecule has 0 aliphatic heterocycles. The highest BCUT2D eigenvalue weighted by Crippen LogP contribution is 2.33. The maximum absolute atomic E-state index is 12.5. The molecule has 1 aromatic carbocycles. The number of fused-ring (bicyclic) bond motifs is 1. The van der Waals surface area contributed by atoms with Gasteiger partial charge in [-0.2, -0.15) is 5.10 Å². The average Bonchev–Trinajstić information content (AvgIpc) is 3.36. The van der Waals surface area contributed by atoms with E-state index < -0.39 is 0 Å². The summed E-state index contributed by atoms with van der Waals surface area (Å²) >= 11 is 0. The molecule has 126 valence electrons. The molecule has 0 unspecified atom stereocenters. The third-order valence-corrected chi connectivity index (χ3v) is 4.19. The van der Waals surface area contributed by atoms with Gasteiger partial charge in [0.2, 0.25) is 0 Å². The van der Waals surface area contributed by atoms with Crippen molar-refractivity contribution < 1.29 is 9.53 Å². The molecule has 1 saturated carbocycles. The monoisotopic (exact) mass is 334 g/mol. The molecule has 0 saturated heterocycles. The van der Waals surface area contributed by atoms with Crippen molar-refractivity contribution >= 4 is 29.0 Å². The van der Waals surface area contributed by atoms with Crippen LogP contribution in [0.3, 0.4) is 0 Å². The number of carbonyl (C=O) groups is 1. The van der Waals surface area contributed by atoms with Gasteiger partial charge in [0, 0.05) is 18.4 Å². The Bertz CT molecular complexity index is 943. The molecule has 1 fully saturated rings. The molecule has 6 nitrogen and oxygen atoms in total. The summed E-state index contributed by atoms with van der Waals surface area (Å²) in [5, 5.41) is 11.1. The first kappa shape index (κ1) is 15.4. The number of aromatic nitrogens is 3. The number of ether oxygens (including phenoxy) is 1. The Morgan fingerprint density at radius 3 is 2.92 bits per heavy atom. The van der Waals surface area contributed by atoms with Crippen LogP contribution in [-0.2, 0) is 0 Å². The predicted octanol–water partition coefficient (Wildman–Crippen LogP) is 3.03. The molecule has 0 spiro atoms. The number of aromatic amines is 1. The maximum Gasteiger partial charge on any atom is 0.255 e. The molecule has 25 heavy (non-hydrogen) atoms. The fourth-order valence-electron chi connectivity index (χ4n) is 2.76. The van der Waals surface area contributed by atoms with Gasteiger partial charge in [-0.05, 0) is 42.7 Å². The summed E-state index contributed by atoms with van der Waals surface area (Å²) in [6, 6.07) is 7.73. The Kier molecular flexibility index (Phi) is 3.93. The first-order valence-electron chi connectivity index (χ1n) is 8.20. The normalized spacial score (nSPS) is 14.1. The predicted molar refractivity (Wildman–Crippen MR) is 96.3 cm³/mol. The van der Waals surface area contributed by atoms with Crippen LogP contribution in [0.25, 0.3) is 23.1 Å². The molecule has 3 aromatic rings. The van der Waals surface area contributed by atoms with Crippen molar-refractivity contribution in [2.45, 2.75) is 18.9 Å². The van der Waals surface area contributed by atoms with E-state index in [0.29, 0.717) is 17.4 Å². The first-order valence-corrected chi connectivity index (χ1v) is 8.20. The third kappa shape index (κ3) is 3.10. The van der Waals surface area contributed by atoms with E-state index in [4.69, 9.17) is 4.74 Å². The quantitative estimate of drug-likeness (QED) is 0.751. The molecule has 1 amide bonds. The second-order valence-corrected chi connectivity index (χ2v) is 6.05. The molecule has 0 atom stereocenters. The van der Waals surface area contributed by atoms with Gasteiger partial charge in [-0.1, -0.05) is 12.1 Å². The number of benzene rings is 1. The maximum atomic E-state index is 12.5. The van der Waals surface area contributed by atoms with Crippen molar-refractivity contribution in [1.29, 1.82) is 0 Å². The zero-order valence-electron chi connectivity index (χ0n) is 13.8. The largest absolute Gasteiger partial charge is 0.495 e. The van der Waals surface area contributed by atoms with Crippen LogP contribution in [0.2, 0.25) is 0 Å². The number of rotatable bonds is 5. The summed E-state index contributed by atoms with van der Waals surface area (Å²) in [6.45, 7) is 0. The van der Waals surface area contributed by atoms with Crippen LogP contribution in [0, 0.1) is 0 Å². The van der Waals surface area contributed by atoms with E-state index >= 15 is 0 Å². The summed E-state index contributed by atoms with van der Waals surface area (Å²) in [6.07, 6.45) is 9.45. The topological polar surface area (TPSA) is 79.9 Å². The minimum absolute atomic E-state index is 0.107. The molecule has 1 aliphatic carbocycles. The smallest absolute Gasteiger partial charge is 0.255 e. The number of hydrogen-bond acceptors (Lipinski definition) is 4. The average molecular weight is 334 g/mol. The number of pyridine rings is 1. The molecular weight excluding hydrogens is 316 g/mol. The van der Waals surface area contributed by atoms with Gasteiger partial charge in [0.15, 0.2) is 0 Å². The van der Waals surface area contributed by atoms with Gasteiger partial charge in [0.05, 0.1) is 29.3 Å². The standard InChI is InChI=1S/C19H18N4O2/c1-25-18-14(19(24)21-13-5-6-13)7-9-16-17(18)15(22-23-16)8-4-12-3-2-10-20-11-12/h2-4,7-11,13H,5-6H2,1H3,(H,21,24)(H,22,23). The lowest BCUT2D eigenvalue weighted by Gasteiger charge is -2.10. The van der Waals surface area contributed by atoms with Crippen molar-refractivity contribution in [2.24, 2.45) is 0 Å². The summed E-state index contributed by atoms with van der Waals surface area (Å²) < 4.78 is 5.57. The Balaban J connectivity index is 1.75. The second kappa shape index (κ2) is 6.39. The number of methoxy groups -OCH3 is 1. The van der Waals surface area contributed by atoms with Crippen LogP contribution in [0.5, 0.6) is 5.75 Å². The minimum Gasteiger partial charge on any atom is -0.495 e. The summed E-state index contributed by atoms with van der Waals surface area (Å²) in [7, 11) is 1.57. The van der Waals surface area contributed by atoms with Crippen LogP contribution < -0.4 is 10.1 Å². The Morgan fingerprint density at radius 1 is 1.32 bits per heavy atom. The van der Waals surface area contributed by atoms with Crippen LogP contribution in [0.4, 0.5) is 0 Å². The number of nitrogens with zero attached hydrogens (tertiary/aromatic N) is 2. The van der Waals surface area contributed by atoms with E-state index in [2.05, 4.69) is 20.5 Å². The summed E-state index contributed by atoms with van der Waals surface area (Å²) in [4.78, 5) is 16.6.